The highest BCUT2D eigenvalue weighted by atomic mass is 32.2. The number of nitrogens with one attached hydrogen (secondary N) is 1. The highest BCUT2D eigenvalue weighted by Crippen LogP contribution is 2.20. The van der Waals surface area contributed by atoms with E-state index in [1.807, 2.05) is 0 Å². The van der Waals surface area contributed by atoms with Gasteiger partial charge in [0, 0.05) is 12.5 Å². The van der Waals surface area contributed by atoms with Crippen LogP contribution >= 0.6 is 0 Å². The Morgan fingerprint density at radius 2 is 2.00 bits per heavy atom. The number of aromatic hydroxyl groups is 1. The largest absolute Gasteiger partial charge is 0.506 e. The van der Waals surface area contributed by atoms with E-state index in [0.717, 1.165) is 36.7 Å². The average Bonchev–Trinajstić information content (AvgIpc) is 2.40. The van der Waals surface area contributed by atoms with Crippen molar-refractivity contribution in [2.75, 3.05) is 11.6 Å². The number of aromatic nitrogens is 1. The van der Waals surface area contributed by atoms with Gasteiger partial charge in [-0.25, -0.2) is 12.8 Å². The van der Waals surface area contributed by atoms with Gasteiger partial charge < -0.3 is 10.4 Å². The molecule has 0 aliphatic heterocycles. The lowest BCUT2D eigenvalue weighted by Crippen LogP contribution is -2.13. The normalized spacial score (nSPS) is 11.1. The number of rotatable bonds is 3. The molecule has 1 amide bonds. The van der Waals surface area contributed by atoms with Crippen molar-refractivity contribution >= 4 is 21.4 Å². The summed E-state index contributed by atoms with van der Waals surface area (Å²) in [4.78, 5) is 15.4. The smallest absolute Gasteiger partial charge is 0.257 e. The predicted octanol–water partition coefficient (Wildman–Crippen LogP) is 1.58. The van der Waals surface area contributed by atoms with Crippen molar-refractivity contribution in [3.8, 4) is 5.75 Å². The number of sulfone groups is 1. The summed E-state index contributed by atoms with van der Waals surface area (Å²) in [5.74, 6) is -1.71. The summed E-state index contributed by atoms with van der Waals surface area (Å²) >= 11 is 0. The molecule has 0 radical (unpaired) electrons. The summed E-state index contributed by atoms with van der Waals surface area (Å²) in [5, 5.41) is 11.5. The number of pyridine rings is 1. The van der Waals surface area contributed by atoms with Crippen LogP contribution in [0.4, 0.5) is 10.1 Å². The molecule has 1 heterocycles. The van der Waals surface area contributed by atoms with E-state index in [0.29, 0.717) is 0 Å². The Bertz CT molecular complexity index is 806. The molecule has 1 aromatic carbocycles. The van der Waals surface area contributed by atoms with Crippen molar-refractivity contribution in [3.05, 3.63) is 48.0 Å². The highest BCUT2D eigenvalue weighted by molar-refractivity contribution is 7.90. The zero-order valence-electron chi connectivity index (χ0n) is 10.9. The number of benzene rings is 1. The minimum Gasteiger partial charge on any atom is -0.506 e. The maximum atomic E-state index is 13.6. The van der Waals surface area contributed by atoms with E-state index in [1.165, 1.54) is 6.20 Å². The van der Waals surface area contributed by atoms with E-state index < -0.39 is 21.6 Å². The number of amides is 1. The summed E-state index contributed by atoms with van der Waals surface area (Å²) in [7, 11) is -3.52. The summed E-state index contributed by atoms with van der Waals surface area (Å²) in [6.45, 7) is 0. The number of halogens is 1. The number of hydrogen-bond donors (Lipinski definition) is 2. The van der Waals surface area contributed by atoms with Crippen LogP contribution in [0.1, 0.15) is 10.4 Å². The molecule has 0 bridgehead atoms. The molecule has 2 aromatic rings. The molecular formula is C13H11FN2O4S. The predicted molar refractivity (Wildman–Crippen MR) is 73.4 cm³/mol. The fourth-order valence-corrected chi connectivity index (χ4v) is 2.22. The van der Waals surface area contributed by atoms with E-state index >= 15 is 0 Å². The van der Waals surface area contributed by atoms with E-state index in [2.05, 4.69) is 10.3 Å². The first-order valence-electron chi connectivity index (χ1n) is 5.72. The van der Waals surface area contributed by atoms with Gasteiger partial charge >= 0.3 is 0 Å². The van der Waals surface area contributed by atoms with Gasteiger partial charge in [0.05, 0.1) is 22.3 Å². The van der Waals surface area contributed by atoms with Crippen molar-refractivity contribution in [2.45, 2.75) is 4.90 Å². The quantitative estimate of drug-likeness (QED) is 0.839. The van der Waals surface area contributed by atoms with Crippen LogP contribution in [0.15, 0.2) is 41.6 Å². The van der Waals surface area contributed by atoms with Crippen LogP contribution in [0, 0.1) is 5.82 Å². The minimum atomic E-state index is -3.52. The van der Waals surface area contributed by atoms with Gasteiger partial charge in [-0.15, -0.1) is 0 Å². The Morgan fingerprint density at radius 3 is 2.62 bits per heavy atom. The first-order chi connectivity index (χ1) is 9.77. The molecule has 110 valence electrons. The van der Waals surface area contributed by atoms with Gasteiger partial charge in [0.25, 0.3) is 5.91 Å². The standard InChI is InChI=1S/C13H11FN2O4S/c1-21(19,20)10-2-3-11(14)12(5-10)16-13(18)8-4-9(17)7-15-6-8/h2-7,17H,1H3,(H,16,18). The maximum absolute atomic E-state index is 13.6. The lowest BCUT2D eigenvalue weighted by Gasteiger charge is -2.08. The Hall–Kier alpha value is -2.48. The zero-order chi connectivity index (χ0) is 15.6. The van der Waals surface area contributed by atoms with Gasteiger partial charge in [-0.05, 0) is 24.3 Å². The third-order valence-electron chi connectivity index (χ3n) is 2.60. The zero-order valence-corrected chi connectivity index (χ0v) is 11.7. The number of hydrogen-bond acceptors (Lipinski definition) is 5. The Balaban J connectivity index is 2.33. The first kappa shape index (κ1) is 14.9. The van der Waals surface area contributed by atoms with Crippen molar-refractivity contribution in [1.29, 1.82) is 0 Å². The summed E-state index contributed by atoms with van der Waals surface area (Å²) in [6.07, 6.45) is 3.31. The van der Waals surface area contributed by atoms with Crippen molar-refractivity contribution in [2.24, 2.45) is 0 Å². The molecule has 0 spiro atoms. The number of carbonyl (C=O) groups excluding carboxylic acids is 1. The van der Waals surface area contributed by atoms with E-state index in [9.17, 15) is 22.7 Å². The van der Waals surface area contributed by atoms with Crippen LogP contribution in [0.5, 0.6) is 5.75 Å². The molecule has 0 aliphatic carbocycles. The molecule has 0 atom stereocenters. The Labute approximate surface area is 120 Å². The Morgan fingerprint density at radius 1 is 1.29 bits per heavy atom. The lowest BCUT2D eigenvalue weighted by molar-refractivity contribution is 0.102. The molecule has 0 saturated heterocycles. The number of carbonyl (C=O) groups is 1. The number of nitrogens with zero attached hydrogens (tertiary/aromatic N) is 1. The number of anilines is 1. The summed E-state index contributed by atoms with van der Waals surface area (Å²) < 4.78 is 36.5. The van der Waals surface area contributed by atoms with Crippen molar-refractivity contribution < 1.29 is 22.7 Å². The van der Waals surface area contributed by atoms with Gasteiger partial charge in [-0.1, -0.05) is 0 Å². The average molecular weight is 310 g/mol. The second kappa shape index (κ2) is 5.49. The van der Waals surface area contributed by atoms with Gasteiger partial charge in [-0.2, -0.15) is 0 Å². The van der Waals surface area contributed by atoms with Crippen LogP contribution in [-0.2, 0) is 9.84 Å². The summed E-state index contributed by atoms with van der Waals surface area (Å²) in [5.41, 5.74) is -0.259. The molecule has 2 N–H and O–H groups in total. The van der Waals surface area contributed by atoms with Gasteiger partial charge in [0.2, 0.25) is 0 Å². The monoisotopic (exact) mass is 310 g/mol. The molecule has 21 heavy (non-hydrogen) atoms. The molecule has 0 saturated carbocycles. The third kappa shape index (κ3) is 3.54. The van der Waals surface area contributed by atoms with Crippen LogP contribution < -0.4 is 5.32 Å². The van der Waals surface area contributed by atoms with Gasteiger partial charge in [-0.3, -0.25) is 9.78 Å². The van der Waals surface area contributed by atoms with E-state index in [4.69, 9.17) is 0 Å². The maximum Gasteiger partial charge on any atom is 0.257 e. The van der Waals surface area contributed by atoms with Gasteiger partial charge in [0.15, 0.2) is 9.84 Å². The van der Waals surface area contributed by atoms with Crippen LogP contribution in [-0.4, -0.2) is 30.7 Å². The molecule has 0 unspecified atom stereocenters. The second-order valence-electron chi connectivity index (χ2n) is 4.30. The molecule has 0 aliphatic rings. The SMILES string of the molecule is CS(=O)(=O)c1ccc(F)c(NC(=O)c2cncc(O)c2)c1. The van der Waals surface area contributed by atoms with E-state index in [1.54, 1.807) is 0 Å². The van der Waals surface area contributed by atoms with Crippen LogP contribution in [0.3, 0.4) is 0 Å². The Kier molecular flexibility index (Phi) is 3.90. The van der Waals surface area contributed by atoms with Crippen molar-refractivity contribution in [1.82, 2.24) is 4.98 Å². The molecule has 6 nitrogen and oxygen atoms in total. The third-order valence-corrected chi connectivity index (χ3v) is 3.71. The fraction of sp³-hybridized carbons (Fsp3) is 0.0769. The fourth-order valence-electron chi connectivity index (χ4n) is 1.58. The molecule has 0 fully saturated rings. The molecule has 2 rings (SSSR count). The van der Waals surface area contributed by atoms with Crippen LogP contribution in [0.25, 0.3) is 0 Å². The molecule has 1 aromatic heterocycles. The molecule has 8 heteroatoms. The van der Waals surface area contributed by atoms with Crippen molar-refractivity contribution in [3.63, 3.8) is 0 Å². The minimum absolute atomic E-state index is 0.0131. The summed E-state index contributed by atoms with van der Waals surface area (Å²) in [6, 6.07) is 4.24. The van der Waals surface area contributed by atoms with E-state index in [-0.39, 0.29) is 21.9 Å². The first-order valence-corrected chi connectivity index (χ1v) is 7.61. The van der Waals surface area contributed by atoms with Crippen LogP contribution in [0.2, 0.25) is 0 Å². The molecular weight excluding hydrogens is 299 g/mol. The second-order valence-corrected chi connectivity index (χ2v) is 6.32. The highest BCUT2D eigenvalue weighted by Gasteiger charge is 2.14. The lowest BCUT2D eigenvalue weighted by atomic mass is 10.2. The van der Waals surface area contributed by atoms with Gasteiger partial charge in [0.1, 0.15) is 11.6 Å². The topological polar surface area (TPSA) is 96.4 Å².